The average molecular weight is 272 g/mol. The van der Waals surface area contributed by atoms with Crippen LogP contribution in [0, 0.1) is 0 Å². The Hall–Kier alpha value is -1.89. The molecule has 5 nitrogen and oxygen atoms in total. The van der Waals surface area contributed by atoms with E-state index in [2.05, 4.69) is 20.1 Å². The predicted molar refractivity (Wildman–Crippen MR) is 64.4 cm³/mol. The Labute approximate surface area is 108 Å². The summed E-state index contributed by atoms with van der Waals surface area (Å²) in [6, 6.07) is 4.13. The van der Waals surface area contributed by atoms with Crippen molar-refractivity contribution in [1.29, 1.82) is 0 Å². The molecule has 0 unspecified atom stereocenters. The van der Waals surface area contributed by atoms with Gasteiger partial charge in [-0.05, 0) is 32.1 Å². The lowest BCUT2D eigenvalue weighted by Gasteiger charge is -2.06. The van der Waals surface area contributed by atoms with Gasteiger partial charge in [0.15, 0.2) is 11.5 Å². The van der Waals surface area contributed by atoms with Gasteiger partial charge in [-0.2, -0.15) is 0 Å². The quantitative estimate of drug-likeness (QED) is 0.804. The summed E-state index contributed by atoms with van der Waals surface area (Å²) < 4.78 is 34.2. The van der Waals surface area contributed by atoms with Crippen LogP contribution >= 0.6 is 0 Å². The SMILES string of the molecule is CNCCCC(=O)Nc1ccc2c(c1)OC(F)(F)O2. The molecule has 1 amide bonds. The van der Waals surface area contributed by atoms with E-state index in [-0.39, 0.29) is 17.4 Å². The largest absolute Gasteiger partial charge is 0.586 e. The highest BCUT2D eigenvalue weighted by atomic mass is 19.3. The molecule has 2 rings (SSSR count). The van der Waals surface area contributed by atoms with Gasteiger partial charge in [0, 0.05) is 18.2 Å². The maximum Gasteiger partial charge on any atom is 0.586 e. The Kier molecular flexibility index (Phi) is 3.84. The van der Waals surface area contributed by atoms with Crippen LogP contribution in [0.15, 0.2) is 18.2 Å². The van der Waals surface area contributed by atoms with Crippen LogP contribution < -0.4 is 20.1 Å². The molecule has 7 heteroatoms. The molecule has 0 radical (unpaired) electrons. The lowest BCUT2D eigenvalue weighted by atomic mass is 10.2. The van der Waals surface area contributed by atoms with Gasteiger partial charge in [0.25, 0.3) is 0 Å². The summed E-state index contributed by atoms with van der Waals surface area (Å²) in [5.74, 6) is -0.308. The number of carbonyl (C=O) groups excluding carboxylic acids is 1. The fraction of sp³-hybridized carbons (Fsp3) is 0.417. The summed E-state index contributed by atoms with van der Waals surface area (Å²) in [4.78, 5) is 11.6. The van der Waals surface area contributed by atoms with Crippen molar-refractivity contribution in [3.8, 4) is 11.5 Å². The van der Waals surface area contributed by atoms with E-state index in [1.54, 1.807) is 7.05 Å². The first-order chi connectivity index (χ1) is 9.00. The van der Waals surface area contributed by atoms with Gasteiger partial charge in [-0.1, -0.05) is 0 Å². The Morgan fingerprint density at radius 2 is 2.05 bits per heavy atom. The maximum atomic E-state index is 12.8. The number of rotatable bonds is 5. The van der Waals surface area contributed by atoms with Gasteiger partial charge in [0.2, 0.25) is 5.91 Å². The molecule has 104 valence electrons. The molecular formula is C12H14F2N2O3. The topological polar surface area (TPSA) is 59.6 Å². The number of alkyl halides is 2. The molecule has 0 aliphatic carbocycles. The third kappa shape index (κ3) is 3.54. The van der Waals surface area contributed by atoms with Crippen molar-refractivity contribution < 1.29 is 23.0 Å². The number of fused-ring (bicyclic) bond motifs is 1. The molecule has 0 saturated heterocycles. The second kappa shape index (κ2) is 5.40. The van der Waals surface area contributed by atoms with Crippen LogP contribution in [0.3, 0.4) is 0 Å². The molecule has 0 aromatic heterocycles. The molecule has 0 atom stereocenters. The summed E-state index contributed by atoms with van der Waals surface area (Å²) in [5, 5.41) is 5.54. The second-order valence-electron chi connectivity index (χ2n) is 4.08. The molecule has 0 spiro atoms. The number of hydrogen-bond donors (Lipinski definition) is 2. The van der Waals surface area contributed by atoms with E-state index >= 15 is 0 Å². The van der Waals surface area contributed by atoms with Crippen LogP contribution in [0.5, 0.6) is 11.5 Å². The van der Waals surface area contributed by atoms with E-state index in [0.717, 1.165) is 6.54 Å². The highest BCUT2D eigenvalue weighted by Crippen LogP contribution is 2.42. The number of amides is 1. The highest BCUT2D eigenvalue weighted by Gasteiger charge is 2.43. The van der Waals surface area contributed by atoms with Gasteiger partial charge >= 0.3 is 6.29 Å². The number of benzene rings is 1. The van der Waals surface area contributed by atoms with Gasteiger partial charge in [-0.3, -0.25) is 4.79 Å². The normalized spacial score (nSPS) is 15.3. The summed E-state index contributed by atoms with van der Waals surface area (Å²) >= 11 is 0. The number of ether oxygens (including phenoxy) is 2. The zero-order chi connectivity index (χ0) is 13.9. The maximum absolute atomic E-state index is 12.8. The molecule has 1 heterocycles. The molecule has 1 aromatic rings. The Morgan fingerprint density at radius 1 is 1.32 bits per heavy atom. The number of anilines is 1. The Bertz CT molecular complexity index is 480. The number of halogens is 2. The molecule has 0 saturated carbocycles. The zero-order valence-corrected chi connectivity index (χ0v) is 10.3. The first kappa shape index (κ1) is 13.5. The minimum atomic E-state index is -3.64. The van der Waals surface area contributed by atoms with Gasteiger partial charge in [-0.25, -0.2) is 0 Å². The zero-order valence-electron chi connectivity index (χ0n) is 10.3. The minimum Gasteiger partial charge on any atom is -0.395 e. The van der Waals surface area contributed by atoms with Crippen molar-refractivity contribution in [2.24, 2.45) is 0 Å². The van der Waals surface area contributed by atoms with Crippen LogP contribution in [0.25, 0.3) is 0 Å². The first-order valence-corrected chi connectivity index (χ1v) is 5.84. The van der Waals surface area contributed by atoms with Crippen molar-refractivity contribution in [3.63, 3.8) is 0 Å². The minimum absolute atomic E-state index is 0.0434. The van der Waals surface area contributed by atoms with Crippen LogP contribution in [-0.2, 0) is 4.79 Å². The average Bonchev–Trinajstić information content (AvgIpc) is 2.62. The van der Waals surface area contributed by atoms with E-state index in [1.165, 1.54) is 18.2 Å². The van der Waals surface area contributed by atoms with Crippen LogP contribution in [0.4, 0.5) is 14.5 Å². The van der Waals surface area contributed by atoms with E-state index in [9.17, 15) is 13.6 Å². The smallest absolute Gasteiger partial charge is 0.395 e. The number of carbonyl (C=O) groups is 1. The predicted octanol–water partition coefficient (Wildman–Crippen LogP) is 1.95. The fourth-order valence-corrected chi connectivity index (χ4v) is 1.68. The monoisotopic (exact) mass is 272 g/mol. The van der Waals surface area contributed by atoms with Crippen LogP contribution in [-0.4, -0.2) is 25.8 Å². The summed E-state index contributed by atoms with van der Waals surface area (Å²) in [7, 11) is 1.80. The van der Waals surface area contributed by atoms with Gasteiger partial charge < -0.3 is 20.1 Å². The standard InChI is InChI=1S/C12H14F2N2O3/c1-15-6-2-3-11(17)16-8-4-5-9-10(7-8)19-12(13,14)18-9/h4-5,7,15H,2-3,6H2,1H3,(H,16,17). The molecular weight excluding hydrogens is 258 g/mol. The van der Waals surface area contributed by atoms with Crippen molar-refractivity contribution in [3.05, 3.63) is 18.2 Å². The molecule has 2 N–H and O–H groups in total. The van der Waals surface area contributed by atoms with Gasteiger partial charge in [0.1, 0.15) is 0 Å². The summed E-state index contributed by atoms with van der Waals surface area (Å²) in [5.41, 5.74) is 0.398. The second-order valence-corrected chi connectivity index (χ2v) is 4.08. The molecule has 19 heavy (non-hydrogen) atoms. The van der Waals surface area contributed by atoms with Crippen molar-refractivity contribution >= 4 is 11.6 Å². The number of hydrogen-bond acceptors (Lipinski definition) is 4. The Balaban J connectivity index is 1.95. The first-order valence-electron chi connectivity index (χ1n) is 5.84. The van der Waals surface area contributed by atoms with E-state index in [0.29, 0.717) is 18.5 Å². The molecule has 0 fully saturated rings. The summed E-state index contributed by atoms with van der Waals surface area (Å²) in [6.07, 6.45) is -2.59. The Morgan fingerprint density at radius 3 is 2.79 bits per heavy atom. The van der Waals surface area contributed by atoms with Crippen molar-refractivity contribution in [1.82, 2.24) is 5.32 Å². The third-order valence-corrected chi connectivity index (χ3v) is 2.52. The lowest BCUT2D eigenvalue weighted by Crippen LogP contribution is -2.25. The molecule has 1 aliphatic heterocycles. The van der Waals surface area contributed by atoms with E-state index in [1.807, 2.05) is 0 Å². The van der Waals surface area contributed by atoms with Crippen molar-refractivity contribution in [2.75, 3.05) is 18.9 Å². The molecule has 1 aromatic carbocycles. The van der Waals surface area contributed by atoms with Crippen LogP contribution in [0.2, 0.25) is 0 Å². The van der Waals surface area contributed by atoms with E-state index in [4.69, 9.17) is 0 Å². The molecule has 0 bridgehead atoms. The fourth-order valence-electron chi connectivity index (χ4n) is 1.68. The molecule has 1 aliphatic rings. The summed E-state index contributed by atoms with van der Waals surface area (Å²) in [6.45, 7) is 0.737. The number of nitrogens with one attached hydrogen (secondary N) is 2. The van der Waals surface area contributed by atoms with Gasteiger partial charge in [0.05, 0.1) is 0 Å². The van der Waals surface area contributed by atoms with E-state index < -0.39 is 6.29 Å². The third-order valence-electron chi connectivity index (χ3n) is 2.52. The van der Waals surface area contributed by atoms with Gasteiger partial charge in [-0.15, -0.1) is 8.78 Å². The van der Waals surface area contributed by atoms with Crippen LogP contribution in [0.1, 0.15) is 12.8 Å². The highest BCUT2D eigenvalue weighted by molar-refractivity contribution is 5.91. The lowest BCUT2D eigenvalue weighted by molar-refractivity contribution is -0.286. The van der Waals surface area contributed by atoms with Crippen molar-refractivity contribution in [2.45, 2.75) is 19.1 Å².